The normalized spacial score (nSPS) is 23.5. The van der Waals surface area contributed by atoms with Crippen LogP contribution in [0.1, 0.15) is 19.8 Å². The Morgan fingerprint density at radius 3 is 2.71 bits per heavy atom. The zero-order chi connectivity index (χ0) is 16.0. The van der Waals surface area contributed by atoms with Crippen LogP contribution in [-0.2, 0) is 0 Å². The average Bonchev–Trinajstić information content (AvgIpc) is 2.35. The quantitative estimate of drug-likeness (QED) is 0.752. The Morgan fingerprint density at radius 2 is 2.14 bits per heavy atom. The van der Waals surface area contributed by atoms with Gasteiger partial charge in [-0.15, -0.1) is 0 Å². The van der Waals surface area contributed by atoms with Gasteiger partial charge in [-0.05, 0) is 32.4 Å². The number of urea groups is 1. The van der Waals surface area contributed by atoms with E-state index in [0.717, 1.165) is 6.42 Å². The molecule has 2 unspecified atom stereocenters. The van der Waals surface area contributed by atoms with Crippen LogP contribution in [0.4, 0.5) is 18.0 Å². The minimum Gasteiger partial charge on any atom is -0.391 e. The first-order valence-corrected chi connectivity index (χ1v) is 7.15. The maximum atomic E-state index is 12.1. The number of hydrogen-bond acceptors (Lipinski definition) is 3. The Hall–Kier alpha value is -1.02. The maximum Gasteiger partial charge on any atom is 0.401 e. The van der Waals surface area contributed by atoms with Gasteiger partial charge in [-0.2, -0.15) is 13.2 Å². The monoisotopic (exact) mass is 311 g/mol. The molecule has 0 spiro atoms. The van der Waals surface area contributed by atoms with Crippen molar-refractivity contribution in [3.05, 3.63) is 0 Å². The summed E-state index contributed by atoms with van der Waals surface area (Å²) in [6, 6.07) is -0.264. The van der Waals surface area contributed by atoms with Crippen LogP contribution in [0.15, 0.2) is 0 Å². The molecule has 1 aliphatic rings. The van der Waals surface area contributed by atoms with Crippen molar-refractivity contribution in [2.45, 2.75) is 32.0 Å². The highest BCUT2D eigenvalue weighted by molar-refractivity contribution is 5.74. The van der Waals surface area contributed by atoms with Crippen LogP contribution in [0.5, 0.6) is 0 Å². The molecular formula is C13H24F3N3O2. The molecule has 0 aliphatic carbocycles. The largest absolute Gasteiger partial charge is 0.401 e. The topological polar surface area (TPSA) is 55.8 Å². The second kappa shape index (κ2) is 7.84. The molecule has 8 heteroatoms. The number of nitrogens with one attached hydrogen (secondary N) is 1. The molecule has 2 N–H and O–H groups in total. The predicted octanol–water partition coefficient (Wildman–Crippen LogP) is 1.28. The van der Waals surface area contributed by atoms with E-state index in [0.29, 0.717) is 26.1 Å². The van der Waals surface area contributed by atoms with Crippen molar-refractivity contribution in [1.82, 2.24) is 15.1 Å². The van der Waals surface area contributed by atoms with Crippen LogP contribution in [0, 0.1) is 5.92 Å². The third kappa shape index (κ3) is 6.99. The average molecular weight is 311 g/mol. The number of carbonyl (C=O) groups excluding carboxylic acids is 1. The van der Waals surface area contributed by atoms with Crippen molar-refractivity contribution >= 4 is 6.03 Å². The zero-order valence-electron chi connectivity index (χ0n) is 12.5. The lowest BCUT2D eigenvalue weighted by Gasteiger charge is -2.34. The van der Waals surface area contributed by atoms with Crippen molar-refractivity contribution in [3.8, 4) is 0 Å². The number of aliphatic hydroxyl groups is 1. The van der Waals surface area contributed by atoms with Gasteiger partial charge in [-0.3, -0.25) is 4.90 Å². The third-order valence-electron chi connectivity index (χ3n) is 3.65. The van der Waals surface area contributed by atoms with E-state index in [2.05, 4.69) is 5.32 Å². The zero-order valence-corrected chi connectivity index (χ0v) is 12.5. The summed E-state index contributed by atoms with van der Waals surface area (Å²) in [7, 11) is 1.40. The van der Waals surface area contributed by atoms with Gasteiger partial charge < -0.3 is 15.3 Å². The molecular weight excluding hydrogens is 287 g/mol. The number of halogens is 3. The number of carbonyl (C=O) groups is 1. The van der Waals surface area contributed by atoms with Gasteiger partial charge in [0.2, 0.25) is 0 Å². The minimum absolute atomic E-state index is 0.185. The van der Waals surface area contributed by atoms with Gasteiger partial charge in [0, 0.05) is 19.6 Å². The highest BCUT2D eigenvalue weighted by Gasteiger charge is 2.29. The van der Waals surface area contributed by atoms with E-state index in [9.17, 15) is 23.1 Å². The summed E-state index contributed by atoms with van der Waals surface area (Å²) < 4.78 is 36.3. The molecule has 0 radical (unpaired) electrons. The Morgan fingerprint density at radius 1 is 1.48 bits per heavy atom. The molecule has 1 fully saturated rings. The summed E-state index contributed by atoms with van der Waals surface area (Å²) in [6.45, 7) is 2.48. The first-order valence-electron chi connectivity index (χ1n) is 7.15. The number of piperidine rings is 1. The molecule has 1 aliphatic heterocycles. The van der Waals surface area contributed by atoms with Crippen molar-refractivity contribution < 1.29 is 23.1 Å². The lowest BCUT2D eigenvalue weighted by atomic mass is 9.96. The molecule has 0 bridgehead atoms. The fourth-order valence-electron chi connectivity index (χ4n) is 2.27. The number of nitrogens with zero attached hydrogens (tertiary/aromatic N) is 2. The van der Waals surface area contributed by atoms with Gasteiger partial charge in [0.1, 0.15) is 0 Å². The number of alkyl halides is 3. The first-order chi connectivity index (χ1) is 9.69. The van der Waals surface area contributed by atoms with Crippen molar-refractivity contribution in [2.75, 3.05) is 39.8 Å². The van der Waals surface area contributed by atoms with Crippen LogP contribution in [0.25, 0.3) is 0 Å². The maximum absolute atomic E-state index is 12.1. The van der Waals surface area contributed by atoms with Crippen LogP contribution >= 0.6 is 0 Å². The standard InChI is InChI=1S/C13H24F3N3O2/c1-10-4-7-19(8-11(10)20)12(21)17-5-3-6-18(2)9-13(14,15)16/h10-11,20H,3-9H2,1-2H3,(H,17,21). The van der Waals surface area contributed by atoms with E-state index in [1.165, 1.54) is 11.9 Å². The number of aliphatic hydroxyl groups excluding tert-OH is 1. The van der Waals surface area contributed by atoms with Crippen molar-refractivity contribution in [3.63, 3.8) is 0 Å². The second-order valence-electron chi connectivity index (χ2n) is 5.72. The highest BCUT2D eigenvalue weighted by atomic mass is 19.4. The lowest BCUT2D eigenvalue weighted by Crippen LogP contribution is -2.50. The number of hydrogen-bond donors (Lipinski definition) is 2. The smallest absolute Gasteiger partial charge is 0.391 e. The second-order valence-corrected chi connectivity index (χ2v) is 5.72. The summed E-state index contributed by atoms with van der Waals surface area (Å²) in [5, 5.41) is 12.4. The molecule has 5 nitrogen and oxygen atoms in total. The number of likely N-dealkylation sites (tertiary alicyclic amines) is 1. The van der Waals surface area contributed by atoms with Crippen LogP contribution in [0.2, 0.25) is 0 Å². The highest BCUT2D eigenvalue weighted by Crippen LogP contribution is 2.17. The van der Waals surface area contributed by atoms with Crippen LogP contribution in [-0.4, -0.2) is 73.0 Å². The molecule has 1 saturated heterocycles. The van der Waals surface area contributed by atoms with E-state index in [4.69, 9.17) is 0 Å². The molecule has 0 saturated carbocycles. The van der Waals surface area contributed by atoms with E-state index in [1.54, 1.807) is 4.90 Å². The SMILES string of the molecule is CC1CCN(C(=O)NCCCN(C)CC(F)(F)F)CC1O. The Labute approximate surface area is 123 Å². The van der Waals surface area contributed by atoms with E-state index >= 15 is 0 Å². The fourth-order valence-corrected chi connectivity index (χ4v) is 2.27. The van der Waals surface area contributed by atoms with Crippen LogP contribution in [0.3, 0.4) is 0 Å². The summed E-state index contributed by atoms with van der Waals surface area (Å²) in [5.74, 6) is 0.185. The fraction of sp³-hybridized carbons (Fsp3) is 0.923. The van der Waals surface area contributed by atoms with Gasteiger partial charge in [-0.25, -0.2) is 4.79 Å². The van der Waals surface area contributed by atoms with E-state index in [1.807, 2.05) is 6.92 Å². The van der Waals surface area contributed by atoms with Crippen LogP contribution < -0.4 is 5.32 Å². The number of β-amino-alcohol motifs (C(OH)–C–C–N with tert-alkyl or cyclic N) is 1. The molecule has 0 aromatic carbocycles. The molecule has 0 aromatic rings. The number of rotatable bonds is 5. The number of amides is 2. The Balaban J connectivity index is 2.16. The van der Waals surface area contributed by atoms with Gasteiger partial charge in [0.15, 0.2) is 0 Å². The van der Waals surface area contributed by atoms with Gasteiger partial charge in [0.05, 0.1) is 12.6 Å². The van der Waals surface area contributed by atoms with E-state index < -0.39 is 18.8 Å². The molecule has 0 aromatic heterocycles. The molecule has 1 heterocycles. The molecule has 21 heavy (non-hydrogen) atoms. The Kier molecular flexibility index (Phi) is 6.73. The Bertz CT molecular complexity index is 339. The van der Waals surface area contributed by atoms with Gasteiger partial charge in [-0.1, -0.05) is 6.92 Å². The molecule has 1 rings (SSSR count). The summed E-state index contributed by atoms with van der Waals surface area (Å²) in [5.41, 5.74) is 0. The van der Waals surface area contributed by atoms with Gasteiger partial charge >= 0.3 is 12.2 Å². The summed E-state index contributed by atoms with van der Waals surface area (Å²) >= 11 is 0. The molecule has 2 atom stereocenters. The lowest BCUT2D eigenvalue weighted by molar-refractivity contribution is -0.143. The van der Waals surface area contributed by atoms with Gasteiger partial charge in [0.25, 0.3) is 0 Å². The van der Waals surface area contributed by atoms with Crippen molar-refractivity contribution in [2.24, 2.45) is 5.92 Å². The third-order valence-corrected chi connectivity index (χ3v) is 3.65. The van der Waals surface area contributed by atoms with E-state index in [-0.39, 0.29) is 18.5 Å². The first kappa shape index (κ1) is 18.0. The predicted molar refractivity (Wildman–Crippen MR) is 72.9 cm³/mol. The molecule has 124 valence electrons. The summed E-state index contributed by atoms with van der Waals surface area (Å²) in [6.07, 6.45) is -3.51. The van der Waals surface area contributed by atoms with Crippen molar-refractivity contribution in [1.29, 1.82) is 0 Å². The summed E-state index contributed by atoms with van der Waals surface area (Å²) in [4.78, 5) is 14.6. The molecule has 2 amide bonds. The minimum atomic E-state index is -4.20.